The molecular weight excluding hydrogens is 789 g/mol. The fourth-order valence-corrected chi connectivity index (χ4v) is 6.78. The van der Waals surface area contributed by atoms with Crippen molar-refractivity contribution in [1.82, 2.24) is 0 Å². The summed E-state index contributed by atoms with van der Waals surface area (Å²) in [7, 11) is 0. The zero-order valence-corrected chi connectivity index (χ0v) is 41.4. The summed E-state index contributed by atoms with van der Waals surface area (Å²) >= 11 is 0. The molecule has 1 unspecified atom stereocenters. The summed E-state index contributed by atoms with van der Waals surface area (Å²) in [4.78, 5) is 32.0. The van der Waals surface area contributed by atoms with Gasteiger partial charge in [-0.05, 0) is 83.5 Å². The SMILES string of the molecule is CCCCC/C=C\C/C=C\CCCCCCCC(=O)O.CCCCC/C=C\C/C=C\CCCCCCCC(=O)O.CCCCCCCCCCCCCCCC(=O)OCC(O)CO. The highest BCUT2D eigenvalue weighted by atomic mass is 16.5. The van der Waals surface area contributed by atoms with Crippen molar-refractivity contribution in [1.29, 1.82) is 0 Å². The van der Waals surface area contributed by atoms with Crippen molar-refractivity contribution in [3.05, 3.63) is 48.6 Å². The molecule has 0 aromatic heterocycles. The van der Waals surface area contributed by atoms with Gasteiger partial charge in [0.25, 0.3) is 0 Å². The van der Waals surface area contributed by atoms with Crippen LogP contribution in [-0.2, 0) is 19.1 Å². The normalized spacial score (nSPS) is 11.9. The molecule has 0 fully saturated rings. The highest BCUT2D eigenvalue weighted by Gasteiger charge is 2.07. The van der Waals surface area contributed by atoms with E-state index in [4.69, 9.17) is 25.2 Å². The summed E-state index contributed by atoms with van der Waals surface area (Å²) in [6.45, 7) is 6.25. The minimum atomic E-state index is -0.953. The quantitative estimate of drug-likeness (QED) is 0.0269. The molecule has 0 radical (unpaired) electrons. The van der Waals surface area contributed by atoms with Crippen LogP contribution in [0.15, 0.2) is 48.6 Å². The van der Waals surface area contributed by atoms with E-state index in [-0.39, 0.29) is 19.2 Å². The van der Waals surface area contributed by atoms with E-state index in [0.29, 0.717) is 19.3 Å². The molecule has 8 heteroatoms. The molecule has 4 N–H and O–H groups in total. The molecular formula is C55H102O8. The molecule has 0 aromatic rings. The van der Waals surface area contributed by atoms with Gasteiger partial charge in [0.05, 0.1) is 6.61 Å². The van der Waals surface area contributed by atoms with Crippen LogP contribution in [0.4, 0.5) is 0 Å². The Balaban J connectivity index is -0.000000860. The number of carboxylic acids is 2. The Morgan fingerprint density at radius 1 is 0.397 bits per heavy atom. The topological polar surface area (TPSA) is 141 Å². The van der Waals surface area contributed by atoms with E-state index in [1.54, 1.807) is 0 Å². The minimum Gasteiger partial charge on any atom is -0.481 e. The Morgan fingerprint density at radius 3 is 0.984 bits per heavy atom. The molecule has 1 atom stereocenters. The van der Waals surface area contributed by atoms with Crippen LogP contribution in [-0.4, -0.2) is 57.7 Å². The van der Waals surface area contributed by atoms with Gasteiger partial charge in [-0.1, -0.05) is 211 Å². The summed E-state index contributed by atoms with van der Waals surface area (Å²) in [5.74, 6) is -1.62. The maximum Gasteiger partial charge on any atom is 0.305 e. The maximum atomic E-state index is 11.3. The number of allylic oxidation sites excluding steroid dienone is 8. The molecule has 63 heavy (non-hydrogen) atoms. The fourth-order valence-electron chi connectivity index (χ4n) is 6.78. The monoisotopic (exact) mass is 891 g/mol. The van der Waals surface area contributed by atoms with Crippen molar-refractivity contribution in [3.63, 3.8) is 0 Å². The number of rotatable bonds is 45. The zero-order chi connectivity index (χ0) is 47.0. The van der Waals surface area contributed by atoms with Crippen LogP contribution in [0.2, 0.25) is 0 Å². The number of hydrogen-bond acceptors (Lipinski definition) is 6. The predicted molar refractivity (Wildman–Crippen MR) is 268 cm³/mol. The first-order chi connectivity index (χ1) is 30.7. The zero-order valence-electron chi connectivity index (χ0n) is 41.4. The fraction of sp³-hybridized carbons (Fsp3) is 0.800. The molecule has 0 rings (SSSR count). The van der Waals surface area contributed by atoms with Crippen LogP contribution in [0.3, 0.4) is 0 Å². The van der Waals surface area contributed by atoms with E-state index in [0.717, 1.165) is 64.2 Å². The van der Waals surface area contributed by atoms with Crippen molar-refractivity contribution in [2.24, 2.45) is 0 Å². The number of aliphatic hydroxyl groups is 2. The standard InChI is InChI=1S/C19H38O4.2C18H32O2/c1-2-3-4-5-6-7-8-9-10-11-12-13-14-15-19(22)23-17-18(21)16-20;2*1-2-3-4-5-6-7-8-9-10-11-12-13-14-15-16-17-18(19)20/h18,20-21H,2-17H2,1H3;2*6-7,9-10H,2-5,8,11-17H2,1H3,(H,19,20)/b;2*7-6-,10-9-. The first-order valence-electron chi connectivity index (χ1n) is 26.2. The second-order valence-corrected chi connectivity index (χ2v) is 17.3. The number of hydrogen-bond donors (Lipinski definition) is 4. The van der Waals surface area contributed by atoms with Gasteiger partial charge < -0.3 is 25.2 Å². The Labute approximate surface area is 388 Å². The van der Waals surface area contributed by atoms with Crippen LogP contribution in [0.1, 0.15) is 265 Å². The first-order valence-corrected chi connectivity index (χ1v) is 26.2. The summed E-state index contributed by atoms with van der Waals surface area (Å²) in [5, 5.41) is 34.7. The van der Waals surface area contributed by atoms with Crippen molar-refractivity contribution in [2.75, 3.05) is 13.2 Å². The average Bonchev–Trinajstić information content (AvgIpc) is 3.27. The number of ether oxygens (including phenoxy) is 1. The molecule has 0 amide bonds. The lowest BCUT2D eigenvalue weighted by molar-refractivity contribution is -0.147. The lowest BCUT2D eigenvalue weighted by Gasteiger charge is -2.08. The van der Waals surface area contributed by atoms with E-state index in [9.17, 15) is 14.4 Å². The molecule has 0 bridgehead atoms. The molecule has 0 aliphatic carbocycles. The predicted octanol–water partition coefficient (Wildman–Crippen LogP) is 16.1. The third-order valence-electron chi connectivity index (χ3n) is 10.8. The van der Waals surface area contributed by atoms with Crippen LogP contribution in [0.5, 0.6) is 0 Å². The van der Waals surface area contributed by atoms with Crippen LogP contribution in [0, 0.1) is 0 Å². The second-order valence-electron chi connectivity index (χ2n) is 17.3. The number of unbranched alkanes of at least 4 members (excludes halogenated alkanes) is 28. The lowest BCUT2D eigenvalue weighted by Crippen LogP contribution is -2.21. The van der Waals surface area contributed by atoms with Gasteiger partial charge in [-0.15, -0.1) is 0 Å². The molecule has 0 aromatic carbocycles. The second kappa shape index (κ2) is 59.3. The first kappa shape index (κ1) is 64.6. The number of carbonyl (C=O) groups is 3. The minimum absolute atomic E-state index is 0.103. The third kappa shape index (κ3) is 68.5. The van der Waals surface area contributed by atoms with E-state index < -0.39 is 18.0 Å². The van der Waals surface area contributed by atoms with Crippen LogP contribution >= 0.6 is 0 Å². The van der Waals surface area contributed by atoms with E-state index in [1.165, 1.54) is 161 Å². The van der Waals surface area contributed by atoms with E-state index in [1.807, 2.05) is 0 Å². The largest absolute Gasteiger partial charge is 0.481 e. The van der Waals surface area contributed by atoms with Gasteiger partial charge in [-0.25, -0.2) is 0 Å². The van der Waals surface area contributed by atoms with Gasteiger partial charge in [0, 0.05) is 19.3 Å². The molecule has 8 nitrogen and oxygen atoms in total. The summed E-state index contributed by atoms with van der Waals surface area (Å²) < 4.78 is 4.85. The Bertz CT molecular complexity index is 993. The van der Waals surface area contributed by atoms with Gasteiger partial charge in [0.15, 0.2) is 0 Å². The van der Waals surface area contributed by atoms with Crippen LogP contribution < -0.4 is 0 Å². The summed E-state index contributed by atoms with van der Waals surface area (Å²) in [6.07, 6.45) is 60.7. The number of aliphatic carboxylic acids is 2. The number of carbonyl (C=O) groups excluding carboxylic acids is 1. The van der Waals surface area contributed by atoms with Gasteiger partial charge in [-0.3, -0.25) is 14.4 Å². The number of carboxylic acid groups (broad SMARTS) is 2. The Hall–Kier alpha value is -2.71. The molecule has 0 aliphatic rings. The molecule has 0 saturated heterocycles. The smallest absolute Gasteiger partial charge is 0.305 e. The lowest BCUT2D eigenvalue weighted by atomic mass is 10.0. The average molecular weight is 891 g/mol. The highest BCUT2D eigenvalue weighted by Crippen LogP contribution is 2.14. The van der Waals surface area contributed by atoms with Crippen molar-refractivity contribution >= 4 is 17.9 Å². The molecule has 0 saturated carbocycles. The van der Waals surface area contributed by atoms with Crippen molar-refractivity contribution in [2.45, 2.75) is 271 Å². The highest BCUT2D eigenvalue weighted by molar-refractivity contribution is 5.69. The van der Waals surface area contributed by atoms with Gasteiger partial charge in [0.2, 0.25) is 0 Å². The molecule has 0 spiro atoms. The molecule has 370 valence electrons. The van der Waals surface area contributed by atoms with E-state index in [2.05, 4.69) is 69.4 Å². The van der Waals surface area contributed by atoms with Gasteiger partial charge in [0.1, 0.15) is 12.7 Å². The van der Waals surface area contributed by atoms with E-state index >= 15 is 0 Å². The molecule has 0 aliphatic heterocycles. The maximum absolute atomic E-state index is 11.3. The molecule has 0 heterocycles. The number of esters is 1. The van der Waals surface area contributed by atoms with Gasteiger partial charge in [-0.2, -0.15) is 0 Å². The third-order valence-corrected chi connectivity index (χ3v) is 10.8. The van der Waals surface area contributed by atoms with Crippen molar-refractivity contribution in [3.8, 4) is 0 Å². The van der Waals surface area contributed by atoms with Crippen LogP contribution in [0.25, 0.3) is 0 Å². The van der Waals surface area contributed by atoms with Crippen molar-refractivity contribution < 1.29 is 39.5 Å². The summed E-state index contributed by atoms with van der Waals surface area (Å²) in [6, 6.07) is 0. The number of aliphatic hydroxyl groups excluding tert-OH is 2. The Kier molecular flexibility index (Phi) is 60.8. The van der Waals surface area contributed by atoms with Gasteiger partial charge >= 0.3 is 17.9 Å². The summed E-state index contributed by atoms with van der Waals surface area (Å²) in [5.41, 5.74) is 0. The Morgan fingerprint density at radius 2 is 0.667 bits per heavy atom.